The topological polar surface area (TPSA) is 27.0 Å². The van der Waals surface area contributed by atoms with Crippen molar-refractivity contribution in [3.05, 3.63) is 29.3 Å². The second-order valence-electron chi connectivity index (χ2n) is 3.58. The van der Waals surface area contributed by atoms with Gasteiger partial charge in [-0.05, 0) is 30.7 Å². The van der Waals surface area contributed by atoms with Gasteiger partial charge in [0.1, 0.15) is 6.54 Å². The number of nitriles is 1. The van der Waals surface area contributed by atoms with Crippen LogP contribution in [0.5, 0.6) is 0 Å². The van der Waals surface area contributed by atoms with Crippen molar-refractivity contribution in [2.45, 2.75) is 13.1 Å². The molecule has 0 atom stereocenters. The van der Waals surface area contributed by atoms with Gasteiger partial charge in [-0.1, -0.05) is 0 Å². The van der Waals surface area contributed by atoms with E-state index in [0.717, 1.165) is 4.90 Å². The zero-order chi connectivity index (χ0) is 12.3. The minimum absolute atomic E-state index is 0.453. The number of aryl methyl sites for hydroxylation is 1. The van der Waals surface area contributed by atoms with Gasteiger partial charge in [-0.15, -0.1) is 0 Å². The number of hydrogen-bond acceptors (Lipinski definition) is 2. The highest BCUT2D eigenvalue weighted by Gasteiger charge is 2.29. The molecule has 1 aromatic carbocycles. The number of benzene rings is 1. The molecule has 0 unspecified atom stereocenters. The molecule has 0 spiro atoms. The monoisotopic (exact) mass is 228 g/mol. The lowest BCUT2D eigenvalue weighted by Gasteiger charge is -2.21. The summed E-state index contributed by atoms with van der Waals surface area (Å²) in [6.07, 6.45) is -4.23. The van der Waals surface area contributed by atoms with E-state index in [1.807, 2.05) is 6.07 Å². The fourth-order valence-corrected chi connectivity index (χ4v) is 1.37. The van der Waals surface area contributed by atoms with E-state index in [-0.39, 0.29) is 0 Å². The lowest BCUT2D eigenvalue weighted by molar-refractivity contribution is -0.119. The summed E-state index contributed by atoms with van der Waals surface area (Å²) in [6.45, 7) is 0.696. The zero-order valence-corrected chi connectivity index (χ0v) is 8.97. The second kappa shape index (κ2) is 4.44. The predicted octanol–water partition coefficient (Wildman–Crippen LogP) is 2.87. The van der Waals surface area contributed by atoms with Crippen LogP contribution in [-0.4, -0.2) is 19.8 Å². The van der Waals surface area contributed by atoms with Gasteiger partial charge in [0, 0.05) is 12.7 Å². The van der Waals surface area contributed by atoms with Gasteiger partial charge in [0.15, 0.2) is 0 Å². The summed E-state index contributed by atoms with van der Waals surface area (Å²) in [6, 6.07) is 6.58. The van der Waals surface area contributed by atoms with E-state index in [0.29, 0.717) is 16.8 Å². The van der Waals surface area contributed by atoms with E-state index in [1.165, 1.54) is 19.2 Å². The molecule has 0 bridgehead atoms. The van der Waals surface area contributed by atoms with Gasteiger partial charge in [-0.25, -0.2) is 0 Å². The number of hydrogen-bond donors (Lipinski definition) is 0. The summed E-state index contributed by atoms with van der Waals surface area (Å²) in [5.41, 5.74) is 1.60. The molecule has 0 aliphatic rings. The van der Waals surface area contributed by atoms with Crippen LogP contribution < -0.4 is 4.90 Å². The molecule has 86 valence electrons. The molecule has 0 heterocycles. The van der Waals surface area contributed by atoms with Gasteiger partial charge in [0.05, 0.1) is 11.6 Å². The maximum absolute atomic E-state index is 12.1. The van der Waals surface area contributed by atoms with Crippen molar-refractivity contribution in [2.75, 3.05) is 18.5 Å². The Bertz CT molecular complexity index is 418. The minimum Gasteiger partial charge on any atom is -0.366 e. The van der Waals surface area contributed by atoms with Gasteiger partial charge in [-0.2, -0.15) is 18.4 Å². The highest BCUT2D eigenvalue weighted by molar-refractivity contribution is 5.53. The van der Waals surface area contributed by atoms with Gasteiger partial charge < -0.3 is 4.90 Å². The van der Waals surface area contributed by atoms with Crippen LogP contribution >= 0.6 is 0 Å². The molecule has 0 saturated heterocycles. The zero-order valence-electron chi connectivity index (χ0n) is 8.97. The first-order valence-electron chi connectivity index (χ1n) is 4.62. The second-order valence-corrected chi connectivity index (χ2v) is 3.58. The maximum Gasteiger partial charge on any atom is 0.405 e. The van der Waals surface area contributed by atoms with Crippen LogP contribution in [-0.2, 0) is 0 Å². The highest BCUT2D eigenvalue weighted by Crippen LogP contribution is 2.22. The highest BCUT2D eigenvalue weighted by atomic mass is 19.4. The molecule has 2 nitrogen and oxygen atoms in total. The van der Waals surface area contributed by atoms with Crippen LogP contribution in [0.3, 0.4) is 0 Å². The molecule has 5 heteroatoms. The summed E-state index contributed by atoms with van der Waals surface area (Å²) in [7, 11) is 1.37. The molecular formula is C11H11F3N2. The molecular weight excluding hydrogens is 217 g/mol. The van der Waals surface area contributed by atoms with Crippen molar-refractivity contribution in [1.29, 1.82) is 5.26 Å². The number of nitrogens with zero attached hydrogens (tertiary/aromatic N) is 2. The van der Waals surface area contributed by atoms with E-state index in [4.69, 9.17) is 5.26 Å². The van der Waals surface area contributed by atoms with Gasteiger partial charge in [-0.3, -0.25) is 0 Å². The Balaban J connectivity index is 2.90. The van der Waals surface area contributed by atoms with Crippen LogP contribution in [0.25, 0.3) is 0 Å². The van der Waals surface area contributed by atoms with E-state index >= 15 is 0 Å². The van der Waals surface area contributed by atoms with Gasteiger partial charge in [0.25, 0.3) is 0 Å². The first-order valence-corrected chi connectivity index (χ1v) is 4.62. The molecule has 1 rings (SSSR count). The lowest BCUT2D eigenvalue weighted by Crippen LogP contribution is -2.30. The molecule has 0 aliphatic heterocycles. The third kappa shape index (κ3) is 3.16. The third-order valence-corrected chi connectivity index (χ3v) is 2.19. The molecule has 0 saturated carbocycles. The Labute approximate surface area is 91.9 Å². The van der Waals surface area contributed by atoms with Crippen molar-refractivity contribution in [3.8, 4) is 6.07 Å². The van der Waals surface area contributed by atoms with Crippen molar-refractivity contribution < 1.29 is 13.2 Å². The maximum atomic E-state index is 12.1. The molecule has 0 radical (unpaired) electrons. The fraction of sp³-hybridized carbons (Fsp3) is 0.364. The van der Waals surface area contributed by atoms with Crippen molar-refractivity contribution in [1.82, 2.24) is 0 Å². The average Bonchev–Trinajstić information content (AvgIpc) is 2.15. The van der Waals surface area contributed by atoms with Crippen molar-refractivity contribution in [2.24, 2.45) is 0 Å². The SMILES string of the molecule is Cc1cc(N(C)CC(F)(F)F)ccc1C#N. The standard InChI is InChI=1S/C11H11F3N2/c1-8-5-10(4-3-9(8)6-15)16(2)7-11(12,13)14/h3-5H,7H2,1-2H3. The summed E-state index contributed by atoms with van der Waals surface area (Å²) in [4.78, 5) is 1.11. The van der Waals surface area contributed by atoms with Crippen LogP contribution in [0.4, 0.5) is 18.9 Å². The van der Waals surface area contributed by atoms with E-state index in [2.05, 4.69) is 0 Å². The molecule has 0 fully saturated rings. The Morgan fingerprint density at radius 3 is 2.44 bits per heavy atom. The number of anilines is 1. The quantitative estimate of drug-likeness (QED) is 0.778. The first-order chi connectivity index (χ1) is 7.33. The van der Waals surface area contributed by atoms with Crippen LogP contribution in [0.2, 0.25) is 0 Å². The molecule has 16 heavy (non-hydrogen) atoms. The first kappa shape index (κ1) is 12.4. The Morgan fingerprint density at radius 1 is 1.38 bits per heavy atom. The third-order valence-electron chi connectivity index (χ3n) is 2.19. The molecule has 0 aliphatic carbocycles. The van der Waals surface area contributed by atoms with Gasteiger partial charge in [0.2, 0.25) is 0 Å². The summed E-state index contributed by atoms with van der Waals surface area (Å²) >= 11 is 0. The smallest absolute Gasteiger partial charge is 0.366 e. The molecule has 0 aromatic heterocycles. The fourth-order valence-electron chi connectivity index (χ4n) is 1.37. The van der Waals surface area contributed by atoms with E-state index < -0.39 is 12.7 Å². The molecule has 0 amide bonds. The van der Waals surface area contributed by atoms with Gasteiger partial charge >= 0.3 is 6.18 Å². The van der Waals surface area contributed by atoms with Crippen LogP contribution in [0.15, 0.2) is 18.2 Å². The van der Waals surface area contributed by atoms with E-state index in [1.54, 1.807) is 13.0 Å². The summed E-state index contributed by atoms with van der Waals surface area (Å²) in [5.74, 6) is 0. The molecule has 0 N–H and O–H groups in total. The van der Waals surface area contributed by atoms with Crippen molar-refractivity contribution >= 4 is 5.69 Å². The summed E-state index contributed by atoms with van der Waals surface area (Å²) in [5, 5.41) is 8.69. The number of halogens is 3. The Morgan fingerprint density at radius 2 is 2.00 bits per heavy atom. The summed E-state index contributed by atoms with van der Waals surface area (Å²) < 4.78 is 36.4. The minimum atomic E-state index is -4.23. The number of alkyl halides is 3. The van der Waals surface area contributed by atoms with Crippen molar-refractivity contribution in [3.63, 3.8) is 0 Å². The number of rotatable bonds is 2. The van der Waals surface area contributed by atoms with Crippen LogP contribution in [0.1, 0.15) is 11.1 Å². The Hall–Kier alpha value is -1.70. The Kier molecular flexibility index (Phi) is 3.43. The average molecular weight is 228 g/mol. The largest absolute Gasteiger partial charge is 0.405 e. The molecule has 1 aromatic rings. The van der Waals surface area contributed by atoms with Crippen LogP contribution in [0, 0.1) is 18.3 Å². The predicted molar refractivity (Wildman–Crippen MR) is 55.2 cm³/mol. The normalized spacial score (nSPS) is 11.0. The van der Waals surface area contributed by atoms with E-state index in [9.17, 15) is 13.2 Å². The lowest BCUT2D eigenvalue weighted by atomic mass is 10.1.